The Hall–Kier alpha value is 0.150. The molecule has 0 saturated carbocycles. The summed E-state index contributed by atoms with van der Waals surface area (Å²) in [5.74, 6) is -0.468. The fraction of sp³-hybridized carbons (Fsp3) is 0.812. The fourth-order valence-electron chi connectivity index (χ4n) is 2.99. The van der Waals surface area contributed by atoms with Crippen molar-refractivity contribution in [3.05, 3.63) is 12.2 Å². The SMILES string of the molecule is COC(=O)/C=C/C1C[C@H]2O[C@@H](C[C@H]2Cl)[C@@H](Br)C[C@@H](Cl)[C@@H](O)[C@H](C)O1. The van der Waals surface area contributed by atoms with E-state index in [-0.39, 0.29) is 22.4 Å². The van der Waals surface area contributed by atoms with Gasteiger partial charge in [-0.3, -0.25) is 0 Å². The average Bonchev–Trinajstić information content (AvgIpc) is 2.91. The molecule has 8 atom stereocenters. The van der Waals surface area contributed by atoms with E-state index in [1.165, 1.54) is 13.2 Å². The molecule has 0 aromatic carbocycles. The number of hydrogen-bond acceptors (Lipinski definition) is 5. The molecular formula is C16H23BrCl2O5. The summed E-state index contributed by atoms with van der Waals surface area (Å²) in [6.07, 6.45) is 2.63. The molecule has 24 heavy (non-hydrogen) atoms. The number of carbonyl (C=O) groups excluding carboxylic acids is 1. The molecule has 138 valence electrons. The zero-order valence-corrected chi connectivity index (χ0v) is 16.7. The Morgan fingerprint density at radius 3 is 2.58 bits per heavy atom. The van der Waals surface area contributed by atoms with Gasteiger partial charge in [-0.15, -0.1) is 23.2 Å². The molecule has 8 heteroatoms. The maximum Gasteiger partial charge on any atom is 0.330 e. The predicted octanol–water partition coefficient (Wildman–Crippen LogP) is 2.78. The van der Waals surface area contributed by atoms with Crippen molar-refractivity contribution in [2.45, 2.75) is 72.3 Å². The molecule has 2 heterocycles. The second-order valence-corrected chi connectivity index (χ2v) is 8.52. The molecule has 0 aromatic heterocycles. The zero-order valence-electron chi connectivity index (χ0n) is 13.6. The smallest absolute Gasteiger partial charge is 0.330 e. The van der Waals surface area contributed by atoms with Gasteiger partial charge in [0, 0.05) is 17.3 Å². The standard InChI is InChI=1S/C16H23BrCl2O5/c1-8-16(21)12(19)6-10(17)13-7-11(18)14(24-13)5-9(23-8)3-4-15(20)22-2/h3-4,8-14,16,21H,5-7H2,1-2H3/b4-3+/t8-,9?,10-,11+,12+,13-,14+,16-/m0/s1. The summed E-state index contributed by atoms with van der Waals surface area (Å²) in [7, 11) is 1.31. The van der Waals surface area contributed by atoms with E-state index in [0.717, 1.165) is 0 Å². The van der Waals surface area contributed by atoms with Crippen LogP contribution in [0.3, 0.4) is 0 Å². The van der Waals surface area contributed by atoms with Crippen molar-refractivity contribution in [1.82, 2.24) is 0 Å². The first-order chi connectivity index (χ1) is 11.3. The molecule has 1 unspecified atom stereocenters. The first kappa shape index (κ1) is 20.5. The molecule has 5 nitrogen and oxygen atoms in total. The summed E-state index contributed by atoms with van der Waals surface area (Å²) in [6, 6.07) is 0. The first-order valence-corrected chi connectivity index (χ1v) is 9.78. The number of hydrogen-bond donors (Lipinski definition) is 1. The molecule has 2 aliphatic heterocycles. The van der Waals surface area contributed by atoms with Gasteiger partial charge in [0.1, 0.15) is 0 Å². The van der Waals surface area contributed by atoms with Crippen LogP contribution in [-0.2, 0) is 19.0 Å². The molecule has 0 aliphatic carbocycles. The van der Waals surface area contributed by atoms with Crippen LogP contribution in [0.15, 0.2) is 12.2 Å². The largest absolute Gasteiger partial charge is 0.466 e. The van der Waals surface area contributed by atoms with E-state index < -0.39 is 29.7 Å². The van der Waals surface area contributed by atoms with Crippen molar-refractivity contribution in [1.29, 1.82) is 0 Å². The van der Waals surface area contributed by atoms with Crippen molar-refractivity contribution in [3.63, 3.8) is 0 Å². The molecule has 0 spiro atoms. The normalized spacial score (nSPS) is 44.2. The lowest BCUT2D eigenvalue weighted by molar-refractivity contribution is -0.135. The number of aliphatic hydroxyl groups excluding tert-OH is 1. The van der Waals surface area contributed by atoms with Crippen LogP contribution in [0.2, 0.25) is 0 Å². The Morgan fingerprint density at radius 1 is 1.21 bits per heavy atom. The third-order valence-electron chi connectivity index (χ3n) is 4.42. The zero-order chi connectivity index (χ0) is 17.9. The van der Waals surface area contributed by atoms with Gasteiger partial charge in [-0.1, -0.05) is 15.9 Å². The van der Waals surface area contributed by atoms with Gasteiger partial charge in [0.2, 0.25) is 0 Å². The Morgan fingerprint density at radius 2 is 1.92 bits per heavy atom. The number of alkyl halides is 3. The van der Waals surface area contributed by atoms with E-state index in [4.69, 9.17) is 32.7 Å². The average molecular weight is 446 g/mol. The van der Waals surface area contributed by atoms with E-state index in [2.05, 4.69) is 20.7 Å². The lowest BCUT2D eigenvalue weighted by atomic mass is 10.0. The minimum Gasteiger partial charge on any atom is -0.466 e. The summed E-state index contributed by atoms with van der Waals surface area (Å²) in [5, 5.41) is 9.76. The minimum absolute atomic E-state index is 0.00950. The number of esters is 1. The van der Waals surface area contributed by atoms with Gasteiger partial charge < -0.3 is 19.3 Å². The van der Waals surface area contributed by atoms with Gasteiger partial charge in [0.05, 0.1) is 48.4 Å². The van der Waals surface area contributed by atoms with Gasteiger partial charge in [-0.2, -0.15) is 0 Å². The molecule has 2 saturated heterocycles. The third kappa shape index (κ3) is 5.32. The number of ether oxygens (including phenoxy) is 3. The molecular weight excluding hydrogens is 423 g/mol. The molecule has 2 fully saturated rings. The van der Waals surface area contributed by atoms with Gasteiger partial charge in [-0.05, 0) is 25.8 Å². The summed E-state index contributed by atoms with van der Waals surface area (Å²) in [5.41, 5.74) is 0. The van der Waals surface area contributed by atoms with Crippen molar-refractivity contribution in [2.24, 2.45) is 0 Å². The van der Waals surface area contributed by atoms with E-state index in [1.54, 1.807) is 13.0 Å². The monoisotopic (exact) mass is 444 g/mol. The fourth-order valence-corrected chi connectivity index (χ4v) is 4.69. The van der Waals surface area contributed by atoms with Crippen molar-refractivity contribution < 1.29 is 24.1 Å². The summed E-state index contributed by atoms with van der Waals surface area (Å²) >= 11 is 16.4. The summed E-state index contributed by atoms with van der Waals surface area (Å²) < 4.78 is 16.6. The Bertz CT molecular complexity index is 464. The Kier molecular flexibility index (Phi) is 7.84. The minimum atomic E-state index is -0.829. The number of aliphatic hydroxyl groups is 1. The second-order valence-electron chi connectivity index (χ2n) is 6.22. The van der Waals surface area contributed by atoms with Gasteiger partial charge >= 0.3 is 5.97 Å². The van der Waals surface area contributed by atoms with Crippen LogP contribution in [-0.4, -0.2) is 64.3 Å². The summed E-state index contributed by atoms with van der Waals surface area (Å²) in [4.78, 5) is 11.4. The molecule has 2 aliphatic rings. The van der Waals surface area contributed by atoms with Gasteiger partial charge in [0.25, 0.3) is 0 Å². The Balaban J connectivity index is 2.19. The quantitative estimate of drug-likeness (QED) is 0.402. The summed E-state index contributed by atoms with van der Waals surface area (Å²) in [6.45, 7) is 1.76. The van der Waals surface area contributed by atoms with Crippen LogP contribution in [0.25, 0.3) is 0 Å². The van der Waals surface area contributed by atoms with Crippen LogP contribution >= 0.6 is 39.1 Å². The van der Waals surface area contributed by atoms with E-state index in [9.17, 15) is 9.90 Å². The highest BCUT2D eigenvalue weighted by molar-refractivity contribution is 9.09. The lowest BCUT2D eigenvalue weighted by Gasteiger charge is -2.28. The Labute approximate surface area is 160 Å². The topological polar surface area (TPSA) is 65.0 Å². The number of fused-ring (bicyclic) bond motifs is 2. The predicted molar refractivity (Wildman–Crippen MR) is 96.0 cm³/mol. The maximum absolute atomic E-state index is 11.4. The van der Waals surface area contributed by atoms with Crippen molar-refractivity contribution in [2.75, 3.05) is 7.11 Å². The maximum atomic E-state index is 11.4. The van der Waals surface area contributed by atoms with Crippen LogP contribution in [0, 0.1) is 0 Å². The van der Waals surface area contributed by atoms with Crippen LogP contribution in [0.4, 0.5) is 0 Å². The molecule has 0 radical (unpaired) electrons. The molecule has 1 N–H and O–H groups in total. The van der Waals surface area contributed by atoms with Crippen LogP contribution in [0.5, 0.6) is 0 Å². The highest BCUT2D eigenvalue weighted by atomic mass is 79.9. The number of carbonyl (C=O) groups is 1. The number of rotatable bonds is 2. The second kappa shape index (κ2) is 9.19. The number of halogens is 3. The van der Waals surface area contributed by atoms with E-state index in [0.29, 0.717) is 19.3 Å². The van der Waals surface area contributed by atoms with E-state index in [1.807, 2.05) is 0 Å². The van der Waals surface area contributed by atoms with Crippen LogP contribution in [0.1, 0.15) is 26.2 Å². The van der Waals surface area contributed by atoms with Crippen molar-refractivity contribution in [3.8, 4) is 0 Å². The molecule has 0 aromatic rings. The highest BCUT2D eigenvalue weighted by Gasteiger charge is 2.41. The molecule has 0 amide bonds. The van der Waals surface area contributed by atoms with Crippen LogP contribution < -0.4 is 0 Å². The van der Waals surface area contributed by atoms with Crippen molar-refractivity contribution >= 4 is 45.1 Å². The third-order valence-corrected chi connectivity index (χ3v) is 6.28. The molecule has 2 bridgehead atoms. The lowest BCUT2D eigenvalue weighted by Crippen LogP contribution is -2.39. The highest BCUT2D eigenvalue weighted by Crippen LogP contribution is 2.36. The van der Waals surface area contributed by atoms with Gasteiger partial charge in [-0.25, -0.2) is 4.79 Å². The number of methoxy groups -OCH3 is 1. The van der Waals surface area contributed by atoms with E-state index >= 15 is 0 Å². The molecule has 2 rings (SSSR count). The first-order valence-electron chi connectivity index (χ1n) is 7.99. The van der Waals surface area contributed by atoms with Gasteiger partial charge in [0.15, 0.2) is 0 Å².